The van der Waals surface area contributed by atoms with Crippen molar-refractivity contribution < 1.29 is 44.5 Å². The van der Waals surface area contributed by atoms with Gasteiger partial charge in [0.1, 0.15) is 18.3 Å². The van der Waals surface area contributed by atoms with Crippen molar-refractivity contribution in [2.75, 3.05) is 13.2 Å². The quantitative estimate of drug-likeness (QED) is 0.174. The molecular formula is C30H48O9. The third-order valence-electron chi connectivity index (χ3n) is 10.3. The largest absolute Gasteiger partial charge is 0.464 e. The van der Waals surface area contributed by atoms with Crippen LogP contribution in [0.25, 0.3) is 0 Å². The Kier molecular flexibility index (Phi) is 9.04. The second kappa shape index (κ2) is 11.5. The number of aliphatic hydroxyl groups is 5. The van der Waals surface area contributed by atoms with Gasteiger partial charge in [0, 0.05) is 5.41 Å². The molecule has 9 nitrogen and oxygen atoms in total. The van der Waals surface area contributed by atoms with Crippen molar-refractivity contribution in [3.05, 3.63) is 24.3 Å². The average molecular weight is 553 g/mol. The van der Waals surface area contributed by atoms with E-state index in [-0.39, 0.29) is 35.9 Å². The standard InChI is InChI=1S/C30H48O9/c1-6-8-13-37-26(36)24-22(33)21(32)23(34)27(39-24)38-16-30(5)20-10-9-17-14-28(3,7-2)12-11-18(17)29(20,4)15-19(31)25(30)35/h7,9,18-25,27,31-35H,2,6,8,10-16H2,1,3-5H3/t18?,19-,20-,21-,22+,23+,24+,25+,27-,28+,29-,30-/m1/s1. The van der Waals surface area contributed by atoms with Gasteiger partial charge in [-0.25, -0.2) is 4.79 Å². The third-order valence-corrected chi connectivity index (χ3v) is 10.3. The number of carbonyl (C=O) groups excluding carboxylic acids is 1. The van der Waals surface area contributed by atoms with E-state index in [1.54, 1.807) is 0 Å². The van der Waals surface area contributed by atoms with Crippen molar-refractivity contribution in [2.24, 2.45) is 28.1 Å². The highest BCUT2D eigenvalue weighted by molar-refractivity contribution is 5.75. The van der Waals surface area contributed by atoms with Gasteiger partial charge in [-0.2, -0.15) is 0 Å². The monoisotopic (exact) mass is 552 g/mol. The molecule has 0 aromatic rings. The minimum atomic E-state index is -1.69. The summed E-state index contributed by atoms with van der Waals surface area (Å²) in [7, 11) is 0. The molecule has 2 saturated carbocycles. The molecular weight excluding hydrogens is 504 g/mol. The Labute approximate surface area is 231 Å². The fourth-order valence-electron chi connectivity index (χ4n) is 7.80. The maximum Gasteiger partial charge on any atom is 0.338 e. The molecule has 222 valence electrons. The lowest BCUT2D eigenvalue weighted by Gasteiger charge is -2.62. The Morgan fingerprint density at radius 2 is 1.87 bits per heavy atom. The van der Waals surface area contributed by atoms with Gasteiger partial charge in [0.25, 0.3) is 0 Å². The molecule has 3 fully saturated rings. The average Bonchev–Trinajstić information content (AvgIpc) is 2.90. The van der Waals surface area contributed by atoms with Gasteiger partial charge in [0.05, 0.1) is 25.4 Å². The summed E-state index contributed by atoms with van der Waals surface area (Å²) in [4.78, 5) is 12.5. The minimum absolute atomic E-state index is 0.0312. The Bertz CT molecular complexity index is 937. The summed E-state index contributed by atoms with van der Waals surface area (Å²) in [6.45, 7) is 12.4. The van der Waals surface area contributed by atoms with Gasteiger partial charge in [-0.3, -0.25) is 0 Å². The normalized spacial score (nSPS) is 47.9. The molecule has 0 aromatic heterocycles. The smallest absolute Gasteiger partial charge is 0.338 e. The summed E-state index contributed by atoms with van der Waals surface area (Å²) in [5, 5.41) is 53.8. The lowest BCUT2D eigenvalue weighted by atomic mass is 9.44. The second-order valence-corrected chi connectivity index (χ2v) is 13.2. The highest BCUT2D eigenvalue weighted by Crippen LogP contribution is 2.63. The summed E-state index contributed by atoms with van der Waals surface area (Å²) < 4.78 is 16.8. The van der Waals surface area contributed by atoms with Crippen LogP contribution < -0.4 is 0 Å². The van der Waals surface area contributed by atoms with Crippen LogP contribution in [0.2, 0.25) is 0 Å². The maximum atomic E-state index is 12.5. The van der Waals surface area contributed by atoms with E-state index >= 15 is 0 Å². The van der Waals surface area contributed by atoms with Crippen molar-refractivity contribution in [3.63, 3.8) is 0 Å². The first kappa shape index (κ1) is 30.6. The predicted molar refractivity (Wildman–Crippen MR) is 143 cm³/mol. The molecule has 1 heterocycles. The van der Waals surface area contributed by atoms with Gasteiger partial charge < -0.3 is 39.7 Å². The molecule has 5 N–H and O–H groups in total. The van der Waals surface area contributed by atoms with Gasteiger partial charge in [0.15, 0.2) is 12.4 Å². The molecule has 0 radical (unpaired) electrons. The van der Waals surface area contributed by atoms with Crippen LogP contribution in [0.15, 0.2) is 24.3 Å². The molecule has 4 aliphatic rings. The van der Waals surface area contributed by atoms with Crippen molar-refractivity contribution in [3.8, 4) is 0 Å². The Morgan fingerprint density at radius 3 is 2.54 bits per heavy atom. The van der Waals surface area contributed by atoms with E-state index in [1.165, 1.54) is 5.57 Å². The lowest BCUT2D eigenvalue weighted by Crippen LogP contribution is -2.64. The number of ether oxygens (including phenoxy) is 3. The van der Waals surface area contributed by atoms with Crippen LogP contribution in [0.3, 0.4) is 0 Å². The van der Waals surface area contributed by atoms with Gasteiger partial charge >= 0.3 is 5.97 Å². The number of aliphatic hydroxyl groups excluding tert-OH is 5. The summed E-state index contributed by atoms with van der Waals surface area (Å²) in [5.74, 6) is -0.603. The van der Waals surface area contributed by atoms with Crippen LogP contribution in [0, 0.1) is 28.1 Å². The number of hydrogen-bond donors (Lipinski definition) is 5. The zero-order valence-corrected chi connectivity index (χ0v) is 23.8. The number of rotatable bonds is 8. The number of esters is 1. The predicted octanol–water partition coefficient (Wildman–Crippen LogP) is 2.23. The Balaban J connectivity index is 1.53. The Hall–Kier alpha value is -1.33. The van der Waals surface area contributed by atoms with E-state index < -0.39 is 54.3 Å². The molecule has 4 rings (SSSR count). The van der Waals surface area contributed by atoms with E-state index in [4.69, 9.17) is 14.2 Å². The van der Waals surface area contributed by atoms with Crippen LogP contribution in [0.4, 0.5) is 0 Å². The highest BCUT2D eigenvalue weighted by Gasteiger charge is 2.61. The molecule has 0 amide bonds. The molecule has 1 saturated heterocycles. The molecule has 1 aliphatic heterocycles. The zero-order chi connectivity index (χ0) is 28.8. The van der Waals surface area contributed by atoms with Crippen molar-refractivity contribution in [1.29, 1.82) is 0 Å². The molecule has 1 unspecified atom stereocenters. The van der Waals surface area contributed by atoms with Gasteiger partial charge in [-0.15, -0.1) is 6.58 Å². The first-order valence-corrected chi connectivity index (χ1v) is 14.5. The second-order valence-electron chi connectivity index (χ2n) is 13.2. The van der Waals surface area contributed by atoms with Crippen LogP contribution in [0.5, 0.6) is 0 Å². The van der Waals surface area contributed by atoms with Gasteiger partial charge in [-0.1, -0.05) is 51.8 Å². The maximum absolute atomic E-state index is 12.5. The number of carbonyl (C=O) groups is 1. The zero-order valence-electron chi connectivity index (χ0n) is 23.8. The molecule has 9 heteroatoms. The SMILES string of the molecule is C=C[C@@]1(C)CCC2C(=CC[C@H]3[C@@](C)(CO[C@@H]4O[C@H](C(=O)OCCCC)[C@@H](O)[C@@H](O)[C@@H]4O)[C@@H](O)[C@H](O)C[C@]23C)C1. The molecule has 39 heavy (non-hydrogen) atoms. The van der Waals surface area contributed by atoms with Gasteiger partial charge in [0.2, 0.25) is 0 Å². The fourth-order valence-corrected chi connectivity index (χ4v) is 7.80. The number of allylic oxidation sites excluding steroid dienone is 3. The number of fused-ring (bicyclic) bond motifs is 3. The van der Waals surface area contributed by atoms with Crippen LogP contribution in [0.1, 0.15) is 72.6 Å². The molecule has 0 bridgehead atoms. The van der Waals surface area contributed by atoms with E-state index in [1.807, 2.05) is 19.9 Å². The van der Waals surface area contributed by atoms with E-state index in [0.29, 0.717) is 19.3 Å². The fraction of sp³-hybridized carbons (Fsp3) is 0.833. The topological polar surface area (TPSA) is 146 Å². The van der Waals surface area contributed by atoms with E-state index in [0.717, 1.165) is 25.7 Å². The lowest BCUT2D eigenvalue weighted by molar-refractivity contribution is -0.309. The van der Waals surface area contributed by atoms with Crippen molar-refractivity contribution in [2.45, 2.75) is 116 Å². The highest BCUT2D eigenvalue weighted by atomic mass is 16.7. The molecule has 0 spiro atoms. The van der Waals surface area contributed by atoms with Crippen molar-refractivity contribution >= 4 is 5.97 Å². The Morgan fingerprint density at radius 1 is 1.15 bits per heavy atom. The third kappa shape index (κ3) is 5.48. The minimum Gasteiger partial charge on any atom is -0.464 e. The first-order valence-electron chi connectivity index (χ1n) is 14.5. The molecule has 3 aliphatic carbocycles. The van der Waals surface area contributed by atoms with Crippen LogP contribution in [-0.2, 0) is 19.0 Å². The number of unbranched alkanes of at least 4 members (excludes halogenated alkanes) is 1. The van der Waals surface area contributed by atoms with Crippen molar-refractivity contribution in [1.82, 2.24) is 0 Å². The first-order chi connectivity index (χ1) is 18.3. The number of hydrogen-bond acceptors (Lipinski definition) is 9. The molecule has 12 atom stereocenters. The summed E-state index contributed by atoms with van der Waals surface area (Å²) in [5.41, 5.74) is 0.256. The van der Waals surface area contributed by atoms with E-state index in [2.05, 4.69) is 26.5 Å². The summed E-state index contributed by atoms with van der Waals surface area (Å²) in [6.07, 6.45) is -0.0985. The van der Waals surface area contributed by atoms with Crippen LogP contribution in [-0.4, -0.2) is 87.6 Å². The van der Waals surface area contributed by atoms with Crippen LogP contribution >= 0.6 is 0 Å². The summed E-state index contributed by atoms with van der Waals surface area (Å²) in [6, 6.07) is 0. The molecule has 0 aromatic carbocycles. The van der Waals surface area contributed by atoms with E-state index in [9.17, 15) is 30.3 Å². The summed E-state index contributed by atoms with van der Waals surface area (Å²) >= 11 is 0. The van der Waals surface area contributed by atoms with Gasteiger partial charge in [-0.05, 0) is 61.2 Å².